The number of anilines is 1. The van der Waals surface area contributed by atoms with Gasteiger partial charge in [0.05, 0.1) is 17.1 Å². The number of alkyl halides is 3. The van der Waals surface area contributed by atoms with E-state index in [-0.39, 0.29) is 5.02 Å². The first kappa shape index (κ1) is 14.8. The SMILES string of the molecule is CCc1ccc(CNc2ccc(Cl)c(C(F)(F)F)c2)o1. The average Bonchev–Trinajstić information content (AvgIpc) is 2.84. The van der Waals surface area contributed by atoms with Crippen LogP contribution in [0.15, 0.2) is 34.7 Å². The zero-order valence-corrected chi connectivity index (χ0v) is 11.5. The number of aryl methyl sites for hydroxylation is 1. The molecule has 1 aromatic carbocycles. The molecule has 0 aliphatic heterocycles. The van der Waals surface area contributed by atoms with Gasteiger partial charge in [0.25, 0.3) is 0 Å². The second-order valence-corrected chi connectivity index (χ2v) is 4.67. The maximum absolute atomic E-state index is 12.7. The summed E-state index contributed by atoms with van der Waals surface area (Å²) in [4.78, 5) is 0. The zero-order valence-electron chi connectivity index (χ0n) is 10.7. The highest BCUT2D eigenvalue weighted by molar-refractivity contribution is 6.31. The van der Waals surface area contributed by atoms with Gasteiger partial charge in [-0.2, -0.15) is 13.2 Å². The van der Waals surface area contributed by atoms with E-state index < -0.39 is 11.7 Å². The molecule has 1 N–H and O–H groups in total. The highest BCUT2D eigenvalue weighted by Gasteiger charge is 2.33. The molecule has 0 aliphatic carbocycles. The monoisotopic (exact) mass is 303 g/mol. The van der Waals surface area contributed by atoms with Crippen LogP contribution in [0.2, 0.25) is 5.02 Å². The third-order valence-corrected chi connectivity index (χ3v) is 3.13. The number of halogens is 4. The van der Waals surface area contributed by atoms with Crippen molar-refractivity contribution < 1.29 is 17.6 Å². The van der Waals surface area contributed by atoms with Gasteiger partial charge in [-0.25, -0.2) is 0 Å². The van der Waals surface area contributed by atoms with Crippen LogP contribution in [0.1, 0.15) is 24.0 Å². The standard InChI is InChI=1S/C14H13ClF3NO/c1-2-10-4-5-11(20-10)8-19-9-3-6-13(15)12(7-9)14(16,17)18/h3-7,19H,2,8H2,1H3. The fourth-order valence-electron chi connectivity index (χ4n) is 1.75. The molecule has 20 heavy (non-hydrogen) atoms. The van der Waals surface area contributed by atoms with Gasteiger partial charge < -0.3 is 9.73 Å². The number of rotatable bonds is 4. The van der Waals surface area contributed by atoms with Crippen LogP contribution in [0, 0.1) is 0 Å². The predicted octanol–water partition coefficient (Wildman–Crippen LogP) is 5.13. The van der Waals surface area contributed by atoms with Gasteiger partial charge in [0.2, 0.25) is 0 Å². The summed E-state index contributed by atoms with van der Waals surface area (Å²) in [5.74, 6) is 1.51. The molecule has 0 bridgehead atoms. The molecule has 0 saturated heterocycles. The van der Waals surface area contributed by atoms with Crippen LogP contribution < -0.4 is 5.32 Å². The van der Waals surface area contributed by atoms with Gasteiger partial charge in [-0.1, -0.05) is 18.5 Å². The fraction of sp³-hybridized carbons (Fsp3) is 0.286. The molecule has 108 valence electrons. The molecule has 2 rings (SSSR count). The number of nitrogens with one attached hydrogen (secondary N) is 1. The molecule has 0 aliphatic rings. The van der Waals surface area contributed by atoms with Gasteiger partial charge in [-0.15, -0.1) is 0 Å². The summed E-state index contributed by atoms with van der Waals surface area (Å²) in [6.45, 7) is 2.28. The molecule has 0 amide bonds. The van der Waals surface area contributed by atoms with Crippen LogP contribution in [0.4, 0.5) is 18.9 Å². The summed E-state index contributed by atoms with van der Waals surface area (Å²) in [6, 6.07) is 7.37. The molecule has 0 saturated carbocycles. The summed E-state index contributed by atoms with van der Waals surface area (Å²) in [6.07, 6.45) is -3.69. The average molecular weight is 304 g/mol. The van der Waals surface area contributed by atoms with Crippen molar-refractivity contribution in [1.29, 1.82) is 0 Å². The maximum atomic E-state index is 12.7. The Morgan fingerprint density at radius 2 is 1.85 bits per heavy atom. The van der Waals surface area contributed by atoms with Crippen LogP contribution >= 0.6 is 11.6 Å². The van der Waals surface area contributed by atoms with E-state index in [4.69, 9.17) is 16.0 Å². The van der Waals surface area contributed by atoms with Crippen molar-refractivity contribution in [2.45, 2.75) is 26.1 Å². The molecule has 0 unspecified atom stereocenters. The Kier molecular flexibility index (Phi) is 4.28. The third kappa shape index (κ3) is 3.48. The van der Waals surface area contributed by atoms with E-state index in [2.05, 4.69) is 5.32 Å². The summed E-state index contributed by atoms with van der Waals surface area (Å²) in [7, 11) is 0. The van der Waals surface area contributed by atoms with E-state index in [1.54, 1.807) is 6.07 Å². The Morgan fingerprint density at radius 3 is 2.45 bits per heavy atom. The molecule has 2 nitrogen and oxygen atoms in total. The smallest absolute Gasteiger partial charge is 0.417 e. The first-order chi connectivity index (χ1) is 9.40. The Morgan fingerprint density at radius 1 is 1.15 bits per heavy atom. The normalized spacial score (nSPS) is 11.7. The lowest BCUT2D eigenvalue weighted by molar-refractivity contribution is -0.137. The van der Waals surface area contributed by atoms with E-state index in [0.29, 0.717) is 18.0 Å². The van der Waals surface area contributed by atoms with Gasteiger partial charge in [0, 0.05) is 12.1 Å². The second-order valence-electron chi connectivity index (χ2n) is 4.27. The van der Waals surface area contributed by atoms with Gasteiger partial charge in [-0.05, 0) is 30.3 Å². The molecule has 1 heterocycles. The molecule has 2 aromatic rings. The molecule has 0 atom stereocenters. The lowest BCUT2D eigenvalue weighted by Gasteiger charge is -2.11. The van der Waals surface area contributed by atoms with Crippen molar-refractivity contribution in [2.24, 2.45) is 0 Å². The van der Waals surface area contributed by atoms with Crippen LogP contribution in [0.5, 0.6) is 0 Å². The minimum Gasteiger partial charge on any atom is -0.464 e. The van der Waals surface area contributed by atoms with E-state index in [1.165, 1.54) is 12.1 Å². The van der Waals surface area contributed by atoms with Crippen LogP contribution in [0.25, 0.3) is 0 Å². The largest absolute Gasteiger partial charge is 0.464 e. The highest BCUT2D eigenvalue weighted by atomic mass is 35.5. The van der Waals surface area contributed by atoms with Crippen LogP contribution in [0.3, 0.4) is 0 Å². The van der Waals surface area contributed by atoms with E-state index in [0.717, 1.165) is 18.2 Å². The Hall–Kier alpha value is -1.62. The van der Waals surface area contributed by atoms with Crippen molar-refractivity contribution in [2.75, 3.05) is 5.32 Å². The summed E-state index contributed by atoms with van der Waals surface area (Å²) >= 11 is 5.55. The molecule has 0 radical (unpaired) electrons. The quantitative estimate of drug-likeness (QED) is 0.847. The number of benzene rings is 1. The highest BCUT2D eigenvalue weighted by Crippen LogP contribution is 2.36. The number of hydrogen-bond donors (Lipinski definition) is 1. The second kappa shape index (κ2) is 5.79. The van der Waals surface area contributed by atoms with E-state index >= 15 is 0 Å². The van der Waals surface area contributed by atoms with Crippen molar-refractivity contribution >= 4 is 17.3 Å². The first-order valence-corrected chi connectivity index (χ1v) is 6.46. The van der Waals surface area contributed by atoms with Crippen molar-refractivity contribution in [3.63, 3.8) is 0 Å². The molecule has 1 aromatic heterocycles. The van der Waals surface area contributed by atoms with E-state index in [1.807, 2.05) is 13.0 Å². The Balaban J connectivity index is 2.10. The minimum atomic E-state index is -4.46. The summed E-state index contributed by atoms with van der Waals surface area (Å²) < 4.78 is 43.6. The molecular formula is C14H13ClF3NO. The third-order valence-electron chi connectivity index (χ3n) is 2.80. The minimum absolute atomic E-state index is 0.311. The summed E-state index contributed by atoms with van der Waals surface area (Å²) in [5, 5.41) is 2.57. The Bertz CT molecular complexity index is 592. The van der Waals surface area contributed by atoms with Gasteiger partial charge in [-0.3, -0.25) is 0 Å². The maximum Gasteiger partial charge on any atom is 0.417 e. The summed E-state index contributed by atoms with van der Waals surface area (Å²) in [5.41, 5.74) is -0.506. The molecular weight excluding hydrogens is 291 g/mol. The predicted molar refractivity (Wildman–Crippen MR) is 71.9 cm³/mol. The van der Waals surface area contributed by atoms with Crippen molar-refractivity contribution in [3.8, 4) is 0 Å². The fourth-order valence-corrected chi connectivity index (χ4v) is 1.97. The van der Waals surface area contributed by atoms with Gasteiger partial charge >= 0.3 is 6.18 Å². The van der Waals surface area contributed by atoms with Crippen LogP contribution in [-0.2, 0) is 19.1 Å². The lowest BCUT2D eigenvalue weighted by Crippen LogP contribution is -2.07. The van der Waals surface area contributed by atoms with Crippen molar-refractivity contribution in [3.05, 3.63) is 52.4 Å². The molecule has 0 spiro atoms. The molecule has 0 fully saturated rings. The van der Waals surface area contributed by atoms with Crippen LogP contribution in [-0.4, -0.2) is 0 Å². The number of furan rings is 1. The zero-order chi connectivity index (χ0) is 14.8. The number of hydrogen-bond acceptors (Lipinski definition) is 2. The van der Waals surface area contributed by atoms with Crippen molar-refractivity contribution in [1.82, 2.24) is 0 Å². The van der Waals surface area contributed by atoms with E-state index in [9.17, 15) is 13.2 Å². The topological polar surface area (TPSA) is 25.2 Å². The molecule has 6 heteroatoms. The Labute approximate surface area is 119 Å². The first-order valence-electron chi connectivity index (χ1n) is 6.08. The van der Waals surface area contributed by atoms with Gasteiger partial charge in [0.15, 0.2) is 0 Å². The van der Waals surface area contributed by atoms with Gasteiger partial charge in [0.1, 0.15) is 11.5 Å². The lowest BCUT2D eigenvalue weighted by atomic mass is 10.2.